The fourth-order valence-electron chi connectivity index (χ4n) is 1.41. The summed E-state index contributed by atoms with van der Waals surface area (Å²) in [6.45, 7) is 4.55. The lowest BCUT2D eigenvalue weighted by atomic mass is 10.1. The van der Waals surface area contributed by atoms with Gasteiger partial charge in [0.25, 0.3) is 0 Å². The van der Waals surface area contributed by atoms with Crippen LogP contribution >= 0.6 is 0 Å². The first-order valence-corrected chi connectivity index (χ1v) is 4.25. The quantitative estimate of drug-likeness (QED) is 0.645. The summed E-state index contributed by atoms with van der Waals surface area (Å²) >= 11 is 0. The molecular formula is C9H13NO3. The van der Waals surface area contributed by atoms with Crippen LogP contribution in [0.1, 0.15) is 12.8 Å². The molecule has 1 rings (SSSR count). The zero-order valence-electron chi connectivity index (χ0n) is 7.40. The minimum atomic E-state index is -0.866. The number of carbonyl (C=O) groups is 2. The second-order valence-corrected chi connectivity index (χ2v) is 3.18. The van der Waals surface area contributed by atoms with Gasteiger partial charge in [-0.2, -0.15) is 0 Å². The van der Waals surface area contributed by atoms with E-state index in [2.05, 4.69) is 6.58 Å². The van der Waals surface area contributed by atoms with E-state index in [-0.39, 0.29) is 18.2 Å². The van der Waals surface area contributed by atoms with Crippen LogP contribution in [0.2, 0.25) is 0 Å². The van der Waals surface area contributed by atoms with E-state index in [0.717, 1.165) is 0 Å². The molecule has 0 aromatic rings. The van der Waals surface area contributed by atoms with E-state index >= 15 is 0 Å². The molecule has 4 nitrogen and oxygen atoms in total. The summed E-state index contributed by atoms with van der Waals surface area (Å²) in [6, 6.07) is 0. The second kappa shape index (κ2) is 4.07. The van der Waals surface area contributed by atoms with E-state index in [1.54, 1.807) is 11.0 Å². The predicted molar refractivity (Wildman–Crippen MR) is 47.1 cm³/mol. The topological polar surface area (TPSA) is 57.6 Å². The van der Waals surface area contributed by atoms with Crippen LogP contribution in [0.5, 0.6) is 0 Å². The molecule has 1 unspecified atom stereocenters. The van der Waals surface area contributed by atoms with Crippen LogP contribution in [0.15, 0.2) is 12.7 Å². The molecular weight excluding hydrogens is 170 g/mol. The molecule has 0 saturated carbocycles. The Kier molecular flexibility index (Phi) is 3.06. The number of nitrogens with zero attached hydrogens (tertiary/aromatic N) is 1. The number of hydrogen-bond donors (Lipinski definition) is 1. The third kappa shape index (κ3) is 2.57. The molecule has 0 radical (unpaired) electrons. The van der Waals surface area contributed by atoms with Crippen molar-refractivity contribution in [3.8, 4) is 0 Å². The van der Waals surface area contributed by atoms with Gasteiger partial charge >= 0.3 is 5.97 Å². The van der Waals surface area contributed by atoms with Gasteiger partial charge < -0.3 is 10.0 Å². The first kappa shape index (κ1) is 9.77. The van der Waals surface area contributed by atoms with Gasteiger partial charge in [-0.3, -0.25) is 9.59 Å². The van der Waals surface area contributed by atoms with Crippen molar-refractivity contribution in [3.05, 3.63) is 12.7 Å². The maximum Gasteiger partial charge on any atom is 0.305 e. The number of carboxylic acids is 1. The van der Waals surface area contributed by atoms with E-state index in [1.807, 2.05) is 0 Å². The van der Waals surface area contributed by atoms with Crippen LogP contribution in [-0.4, -0.2) is 35.0 Å². The molecule has 4 heteroatoms. The minimum Gasteiger partial charge on any atom is -0.481 e. The summed E-state index contributed by atoms with van der Waals surface area (Å²) in [5.74, 6) is -0.637. The van der Waals surface area contributed by atoms with Gasteiger partial charge in [-0.05, 0) is 0 Å². The summed E-state index contributed by atoms with van der Waals surface area (Å²) < 4.78 is 0. The zero-order valence-corrected chi connectivity index (χ0v) is 7.40. The van der Waals surface area contributed by atoms with Gasteiger partial charge in [-0.15, -0.1) is 6.58 Å². The summed E-state index contributed by atoms with van der Waals surface area (Å²) in [6.07, 6.45) is 2.25. The fourth-order valence-corrected chi connectivity index (χ4v) is 1.41. The lowest BCUT2D eigenvalue weighted by molar-refractivity contribution is -0.137. The van der Waals surface area contributed by atoms with Crippen LogP contribution in [0, 0.1) is 5.92 Å². The summed E-state index contributed by atoms with van der Waals surface area (Å²) in [5.41, 5.74) is 0. The molecule has 0 aliphatic carbocycles. The number of carboxylic acid groups (broad SMARTS) is 1. The summed E-state index contributed by atoms with van der Waals surface area (Å²) in [7, 11) is 0. The highest BCUT2D eigenvalue weighted by Crippen LogP contribution is 2.18. The minimum absolute atomic E-state index is 0.0234. The Hall–Kier alpha value is -1.32. The molecule has 1 aliphatic rings. The fraction of sp³-hybridized carbons (Fsp3) is 0.556. The first-order valence-electron chi connectivity index (χ1n) is 4.25. The number of amides is 1. The van der Waals surface area contributed by atoms with Gasteiger partial charge in [-0.1, -0.05) is 6.08 Å². The summed E-state index contributed by atoms with van der Waals surface area (Å²) in [5, 5.41) is 8.43. The Balaban J connectivity index is 2.39. The molecule has 1 amide bonds. The number of hydrogen-bond acceptors (Lipinski definition) is 2. The second-order valence-electron chi connectivity index (χ2n) is 3.18. The van der Waals surface area contributed by atoms with Crippen LogP contribution in [0.3, 0.4) is 0 Å². The SMILES string of the molecule is C=CC1CC(=O)N(CCC(=O)O)C1. The van der Waals surface area contributed by atoms with Crippen molar-refractivity contribution < 1.29 is 14.7 Å². The molecule has 1 heterocycles. The van der Waals surface area contributed by atoms with Crippen LogP contribution < -0.4 is 0 Å². The number of aliphatic carboxylic acids is 1. The molecule has 0 spiro atoms. The lowest BCUT2D eigenvalue weighted by Crippen LogP contribution is -2.27. The number of rotatable bonds is 4. The maximum absolute atomic E-state index is 11.2. The Bertz CT molecular complexity index is 237. The number of carbonyl (C=O) groups excluding carboxylic acids is 1. The average Bonchev–Trinajstić information content (AvgIpc) is 2.43. The molecule has 13 heavy (non-hydrogen) atoms. The molecule has 1 fully saturated rings. The van der Waals surface area contributed by atoms with Crippen LogP contribution in [-0.2, 0) is 9.59 Å². The van der Waals surface area contributed by atoms with E-state index < -0.39 is 5.97 Å². The highest BCUT2D eigenvalue weighted by molar-refractivity contribution is 5.79. The largest absolute Gasteiger partial charge is 0.481 e. The Labute approximate surface area is 76.8 Å². The van der Waals surface area contributed by atoms with Gasteiger partial charge in [0.15, 0.2) is 0 Å². The van der Waals surface area contributed by atoms with Crippen molar-refractivity contribution in [2.45, 2.75) is 12.8 Å². The Morgan fingerprint density at radius 3 is 2.92 bits per heavy atom. The third-order valence-electron chi connectivity index (χ3n) is 2.17. The lowest BCUT2D eigenvalue weighted by Gasteiger charge is -2.13. The molecule has 1 saturated heterocycles. The zero-order chi connectivity index (χ0) is 9.84. The van der Waals surface area contributed by atoms with E-state index in [9.17, 15) is 9.59 Å². The van der Waals surface area contributed by atoms with Gasteiger partial charge in [0.05, 0.1) is 6.42 Å². The summed E-state index contributed by atoms with van der Waals surface area (Å²) in [4.78, 5) is 23.1. The van der Waals surface area contributed by atoms with E-state index in [1.165, 1.54) is 0 Å². The maximum atomic E-state index is 11.2. The molecule has 0 bridgehead atoms. The van der Waals surface area contributed by atoms with Crippen molar-refractivity contribution in [1.82, 2.24) is 4.90 Å². The standard InChI is InChI=1S/C9H13NO3/c1-2-7-5-8(11)10(6-7)4-3-9(12)13/h2,7H,1,3-6H2,(H,12,13). The smallest absolute Gasteiger partial charge is 0.305 e. The predicted octanol–water partition coefficient (Wildman–Crippen LogP) is 0.496. The molecule has 0 aromatic carbocycles. The van der Waals surface area contributed by atoms with Crippen molar-refractivity contribution in [3.63, 3.8) is 0 Å². The Morgan fingerprint density at radius 1 is 1.77 bits per heavy atom. The first-order chi connectivity index (χ1) is 6.13. The van der Waals surface area contributed by atoms with Gasteiger partial charge in [0.2, 0.25) is 5.91 Å². The van der Waals surface area contributed by atoms with E-state index in [4.69, 9.17) is 5.11 Å². The van der Waals surface area contributed by atoms with Crippen molar-refractivity contribution in [2.75, 3.05) is 13.1 Å². The highest BCUT2D eigenvalue weighted by atomic mass is 16.4. The molecule has 1 atom stereocenters. The molecule has 1 N–H and O–H groups in total. The average molecular weight is 183 g/mol. The molecule has 72 valence electrons. The van der Waals surface area contributed by atoms with Crippen molar-refractivity contribution in [1.29, 1.82) is 0 Å². The van der Waals surface area contributed by atoms with E-state index in [0.29, 0.717) is 19.5 Å². The third-order valence-corrected chi connectivity index (χ3v) is 2.17. The van der Waals surface area contributed by atoms with Crippen molar-refractivity contribution >= 4 is 11.9 Å². The molecule has 0 aromatic heterocycles. The highest BCUT2D eigenvalue weighted by Gasteiger charge is 2.27. The molecule has 1 aliphatic heterocycles. The normalized spacial score (nSPS) is 22.0. The monoisotopic (exact) mass is 183 g/mol. The number of likely N-dealkylation sites (tertiary alicyclic amines) is 1. The van der Waals surface area contributed by atoms with Gasteiger partial charge in [0.1, 0.15) is 0 Å². The van der Waals surface area contributed by atoms with Gasteiger partial charge in [-0.25, -0.2) is 0 Å². The van der Waals surface area contributed by atoms with Crippen LogP contribution in [0.25, 0.3) is 0 Å². The van der Waals surface area contributed by atoms with Crippen LogP contribution in [0.4, 0.5) is 0 Å². The van der Waals surface area contributed by atoms with Gasteiger partial charge in [0, 0.05) is 25.4 Å². The Morgan fingerprint density at radius 2 is 2.46 bits per heavy atom. The van der Waals surface area contributed by atoms with Crippen molar-refractivity contribution in [2.24, 2.45) is 5.92 Å².